The largest absolute Gasteiger partial charge is 0.454 e. The van der Waals surface area contributed by atoms with Crippen molar-refractivity contribution in [2.24, 2.45) is 11.8 Å². The zero-order valence-electron chi connectivity index (χ0n) is 23.8. The van der Waals surface area contributed by atoms with E-state index in [2.05, 4.69) is 47.9 Å². The van der Waals surface area contributed by atoms with E-state index < -0.39 is 0 Å². The summed E-state index contributed by atoms with van der Waals surface area (Å²) in [6.07, 6.45) is 11.4. The van der Waals surface area contributed by atoms with E-state index >= 15 is 0 Å². The van der Waals surface area contributed by atoms with E-state index in [0.717, 1.165) is 46.9 Å². The zero-order valence-corrected chi connectivity index (χ0v) is 23.8. The van der Waals surface area contributed by atoms with Crippen LogP contribution in [0.25, 0.3) is 0 Å². The van der Waals surface area contributed by atoms with Crippen molar-refractivity contribution >= 4 is 0 Å². The van der Waals surface area contributed by atoms with Gasteiger partial charge in [-0.2, -0.15) is 0 Å². The number of hydrogen-bond donors (Lipinski definition) is 0. The molecular weight excluding hydrogens is 488 g/mol. The van der Waals surface area contributed by atoms with Crippen molar-refractivity contribution < 1.29 is 18.9 Å². The summed E-state index contributed by atoms with van der Waals surface area (Å²) in [5.74, 6) is 5.57. The minimum Gasteiger partial charge on any atom is -0.454 e. The van der Waals surface area contributed by atoms with Crippen LogP contribution < -0.4 is 18.9 Å². The normalized spacial score (nSPS) is 28.5. The molecular formula is C33H44N2O4. The van der Waals surface area contributed by atoms with Crippen LogP contribution in [0.1, 0.15) is 68.2 Å². The lowest BCUT2D eigenvalue weighted by Crippen LogP contribution is -2.49. The number of rotatable bonds is 3. The van der Waals surface area contributed by atoms with Gasteiger partial charge in [0.1, 0.15) is 0 Å². The first-order valence-electron chi connectivity index (χ1n) is 15.5. The summed E-state index contributed by atoms with van der Waals surface area (Å²) < 4.78 is 22.4. The number of hydrogen-bond acceptors (Lipinski definition) is 6. The van der Waals surface area contributed by atoms with Crippen molar-refractivity contribution in [2.45, 2.75) is 83.7 Å². The van der Waals surface area contributed by atoms with Gasteiger partial charge in [0.25, 0.3) is 0 Å². The van der Waals surface area contributed by atoms with E-state index in [9.17, 15) is 0 Å². The standard InChI is InChI=1S/C17H23NO2.C16H21NO2/c1-2-7-18-8-3-4-13-9-14-12(10-15(13)18)5-6-16-17(14)20-11-19-16;1-2-17-7-3-4-12-8-13-11(9-14(12)17)5-6-15-16(13)19-10-18-15/h5-6,13,15H,2-4,7-11H2,1H3;5-6,12,14H,2-4,7-10H2,1H3/t13-,15-;12-,14-/m11/s1. The summed E-state index contributed by atoms with van der Waals surface area (Å²) in [6, 6.07) is 10.2. The summed E-state index contributed by atoms with van der Waals surface area (Å²) in [7, 11) is 0. The average Bonchev–Trinajstić information content (AvgIpc) is 3.66. The predicted octanol–water partition coefficient (Wildman–Crippen LogP) is 5.62. The van der Waals surface area contributed by atoms with Gasteiger partial charge in [0.2, 0.25) is 13.6 Å². The van der Waals surface area contributed by atoms with Crippen molar-refractivity contribution in [3.05, 3.63) is 46.5 Å². The minimum atomic E-state index is 0.390. The van der Waals surface area contributed by atoms with Crippen molar-refractivity contribution in [1.82, 2.24) is 9.80 Å². The van der Waals surface area contributed by atoms with E-state index in [-0.39, 0.29) is 0 Å². The van der Waals surface area contributed by atoms with Gasteiger partial charge in [-0.3, -0.25) is 4.90 Å². The SMILES string of the molecule is CCCN1CCC[C@@H]2Cc3c(ccc4c3OCO4)C[C@H]21.CCN1CCC[C@@H]2Cc3c(ccc4c3OCO4)C[C@H]21. The molecule has 39 heavy (non-hydrogen) atoms. The van der Waals surface area contributed by atoms with Crippen LogP contribution in [0.2, 0.25) is 0 Å². The number of ether oxygens (including phenoxy) is 4. The first kappa shape index (κ1) is 25.5. The van der Waals surface area contributed by atoms with Gasteiger partial charge < -0.3 is 23.8 Å². The fourth-order valence-electron chi connectivity index (χ4n) is 8.40. The van der Waals surface area contributed by atoms with Crippen LogP contribution in [0.15, 0.2) is 24.3 Å². The monoisotopic (exact) mass is 532 g/mol. The molecule has 6 aliphatic rings. The summed E-state index contributed by atoms with van der Waals surface area (Å²) >= 11 is 0. The fraction of sp³-hybridized carbons (Fsp3) is 0.636. The predicted molar refractivity (Wildman–Crippen MR) is 152 cm³/mol. The maximum absolute atomic E-state index is 5.72. The highest BCUT2D eigenvalue weighted by molar-refractivity contribution is 5.54. The van der Waals surface area contributed by atoms with Crippen LogP contribution in [0, 0.1) is 11.8 Å². The van der Waals surface area contributed by atoms with Crippen LogP contribution in [0.5, 0.6) is 23.0 Å². The second-order valence-electron chi connectivity index (χ2n) is 12.3. The van der Waals surface area contributed by atoms with Gasteiger partial charge in [-0.05, 0) is 119 Å². The van der Waals surface area contributed by atoms with Gasteiger partial charge in [0.15, 0.2) is 23.0 Å². The van der Waals surface area contributed by atoms with Gasteiger partial charge in [-0.1, -0.05) is 26.0 Å². The van der Waals surface area contributed by atoms with Crippen LogP contribution >= 0.6 is 0 Å². The maximum Gasteiger partial charge on any atom is 0.231 e. The highest BCUT2D eigenvalue weighted by Gasteiger charge is 2.38. The Morgan fingerprint density at radius 3 is 1.74 bits per heavy atom. The lowest BCUT2D eigenvalue weighted by atomic mass is 9.75. The molecule has 6 heteroatoms. The smallest absolute Gasteiger partial charge is 0.231 e. The summed E-state index contributed by atoms with van der Waals surface area (Å²) in [4.78, 5) is 5.39. The maximum atomic E-state index is 5.72. The third-order valence-electron chi connectivity index (χ3n) is 10.3. The molecule has 0 unspecified atom stereocenters. The number of benzene rings is 2. The summed E-state index contributed by atoms with van der Waals surface area (Å²) in [6.45, 7) is 10.4. The Morgan fingerprint density at radius 2 is 1.21 bits per heavy atom. The Kier molecular flexibility index (Phi) is 7.10. The molecule has 4 heterocycles. The molecule has 210 valence electrons. The van der Waals surface area contributed by atoms with Crippen molar-refractivity contribution in [2.75, 3.05) is 39.8 Å². The Morgan fingerprint density at radius 1 is 0.667 bits per heavy atom. The van der Waals surface area contributed by atoms with Crippen LogP contribution in [-0.4, -0.2) is 61.6 Å². The van der Waals surface area contributed by atoms with Crippen molar-refractivity contribution in [3.63, 3.8) is 0 Å². The third-order valence-corrected chi connectivity index (χ3v) is 10.3. The Hall–Kier alpha value is -2.44. The Balaban J connectivity index is 0.000000130. The second kappa shape index (κ2) is 10.9. The van der Waals surface area contributed by atoms with E-state index in [1.807, 2.05) is 0 Å². The molecule has 0 aromatic heterocycles. The molecule has 0 bridgehead atoms. The minimum absolute atomic E-state index is 0.390. The van der Waals surface area contributed by atoms with E-state index in [1.54, 1.807) is 0 Å². The lowest BCUT2D eigenvalue weighted by Gasteiger charge is -2.44. The first-order chi connectivity index (χ1) is 19.2. The van der Waals surface area contributed by atoms with Gasteiger partial charge in [-0.25, -0.2) is 0 Å². The molecule has 0 amide bonds. The summed E-state index contributed by atoms with van der Waals surface area (Å²) in [5, 5.41) is 0. The number of likely N-dealkylation sites (N-methyl/N-ethyl adjacent to an activating group) is 1. The number of fused-ring (bicyclic) bond motifs is 8. The van der Waals surface area contributed by atoms with Crippen LogP contribution in [0.4, 0.5) is 0 Å². The Bertz CT molecular complexity index is 1200. The molecule has 0 radical (unpaired) electrons. The molecule has 2 fully saturated rings. The fourth-order valence-corrected chi connectivity index (χ4v) is 8.40. The molecule has 0 saturated carbocycles. The van der Waals surface area contributed by atoms with Gasteiger partial charge in [0, 0.05) is 23.2 Å². The van der Waals surface area contributed by atoms with Crippen molar-refractivity contribution in [1.29, 1.82) is 0 Å². The van der Waals surface area contributed by atoms with E-state index in [0.29, 0.717) is 13.6 Å². The number of likely N-dealkylation sites (tertiary alicyclic amines) is 2. The first-order valence-corrected chi connectivity index (χ1v) is 15.5. The van der Waals surface area contributed by atoms with Gasteiger partial charge in [-0.15, -0.1) is 0 Å². The molecule has 4 atom stereocenters. The van der Waals surface area contributed by atoms with E-state index in [1.165, 1.54) is 106 Å². The molecule has 0 N–H and O–H groups in total. The molecule has 2 aliphatic carbocycles. The molecule has 2 aromatic rings. The highest BCUT2D eigenvalue weighted by Crippen LogP contribution is 2.45. The zero-order chi connectivity index (χ0) is 26.3. The van der Waals surface area contributed by atoms with Gasteiger partial charge in [0.05, 0.1) is 0 Å². The molecule has 6 nitrogen and oxygen atoms in total. The third kappa shape index (κ3) is 4.67. The summed E-state index contributed by atoms with van der Waals surface area (Å²) in [5.41, 5.74) is 5.82. The molecule has 4 aliphatic heterocycles. The van der Waals surface area contributed by atoms with E-state index in [4.69, 9.17) is 18.9 Å². The molecule has 8 rings (SSSR count). The topological polar surface area (TPSA) is 43.4 Å². The van der Waals surface area contributed by atoms with Crippen LogP contribution in [-0.2, 0) is 25.7 Å². The second-order valence-corrected chi connectivity index (χ2v) is 12.3. The Labute approximate surface area is 233 Å². The number of piperidine rings is 2. The van der Waals surface area contributed by atoms with Crippen molar-refractivity contribution in [3.8, 4) is 23.0 Å². The quantitative estimate of drug-likeness (QED) is 0.511. The van der Waals surface area contributed by atoms with Crippen LogP contribution in [0.3, 0.4) is 0 Å². The highest BCUT2D eigenvalue weighted by atomic mass is 16.7. The molecule has 2 aromatic carbocycles. The number of nitrogens with zero attached hydrogens (tertiary/aromatic N) is 2. The molecule has 0 spiro atoms. The average molecular weight is 533 g/mol. The molecule has 2 saturated heterocycles. The van der Waals surface area contributed by atoms with Gasteiger partial charge >= 0.3 is 0 Å². The lowest BCUT2D eigenvalue weighted by molar-refractivity contribution is 0.0847.